The molecule has 3 N–H and O–H groups in total. The highest BCUT2D eigenvalue weighted by Gasteiger charge is 2.08. The highest BCUT2D eigenvalue weighted by Crippen LogP contribution is 2.24. The number of fused-ring (bicyclic) bond motifs is 1. The second-order valence-corrected chi connectivity index (χ2v) is 3.14. The molecule has 0 aliphatic heterocycles. The monoisotopic (exact) mass is 193 g/mol. The maximum Gasteiger partial charge on any atom is 0.168 e. The summed E-state index contributed by atoms with van der Waals surface area (Å²) in [5.74, 6) is 0.688. The van der Waals surface area contributed by atoms with Gasteiger partial charge in [-0.15, -0.1) is 0 Å². The number of phenolic OH excluding ortho intramolecular Hbond substituents is 1. The summed E-state index contributed by atoms with van der Waals surface area (Å²) in [5, 5.41) is 10.8. The zero-order chi connectivity index (χ0) is 9.42. The molecule has 1 aromatic heterocycles. The number of rotatable bonds is 1. The third kappa shape index (κ3) is 1.25. The average Bonchev–Trinajstić information content (AvgIpc) is 2.46. The highest BCUT2D eigenvalue weighted by atomic mass is 32.1. The SMILES string of the molecule is NC(=S)c1occ2cc(O)ccc12. The molecule has 0 aliphatic carbocycles. The largest absolute Gasteiger partial charge is 0.508 e. The lowest BCUT2D eigenvalue weighted by Gasteiger charge is -1.93. The van der Waals surface area contributed by atoms with Gasteiger partial charge in [0, 0.05) is 10.8 Å². The molecule has 1 aromatic carbocycles. The Hall–Kier alpha value is -1.55. The van der Waals surface area contributed by atoms with Crippen LogP contribution in [0, 0.1) is 0 Å². The van der Waals surface area contributed by atoms with Crippen molar-refractivity contribution in [1.29, 1.82) is 0 Å². The van der Waals surface area contributed by atoms with Gasteiger partial charge in [0.05, 0.1) is 6.26 Å². The molecule has 0 bridgehead atoms. The quantitative estimate of drug-likeness (QED) is 0.678. The first-order valence-electron chi connectivity index (χ1n) is 3.68. The molecule has 66 valence electrons. The lowest BCUT2D eigenvalue weighted by molar-refractivity contribution is 0.476. The fraction of sp³-hybridized carbons (Fsp3) is 0. The van der Waals surface area contributed by atoms with Gasteiger partial charge in [-0.05, 0) is 18.2 Å². The Bertz CT molecular complexity index is 475. The van der Waals surface area contributed by atoms with Crippen molar-refractivity contribution in [3.63, 3.8) is 0 Å². The summed E-state index contributed by atoms with van der Waals surface area (Å²) in [6.07, 6.45) is 1.52. The van der Waals surface area contributed by atoms with Crippen molar-refractivity contribution in [2.75, 3.05) is 0 Å². The van der Waals surface area contributed by atoms with Crippen LogP contribution in [-0.4, -0.2) is 10.1 Å². The van der Waals surface area contributed by atoms with Gasteiger partial charge in [-0.25, -0.2) is 0 Å². The van der Waals surface area contributed by atoms with Crippen molar-refractivity contribution in [1.82, 2.24) is 0 Å². The van der Waals surface area contributed by atoms with E-state index in [2.05, 4.69) is 0 Å². The number of thiocarbonyl (C=S) groups is 1. The van der Waals surface area contributed by atoms with Crippen LogP contribution in [0.2, 0.25) is 0 Å². The molecule has 0 saturated heterocycles. The van der Waals surface area contributed by atoms with E-state index in [1.807, 2.05) is 0 Å². The van der Waals surface area contributed by atoms with Gasteiger partial charge in [0.1, 0.15) is 10.7 Å². The van der Waals surface area contributed by atoms with E-state index in [4.69, 9.17) is 22.4 Å². The Morgan fingerprint density at radius 2 is 2.23 bits per heavy atom. The van der Waals surface area contributed by atoms with Crippen molar-refractivity contribution < 1.29 is 9.52 Å². The van der Waals surface area contributed by atoms with Gasteiger partial charge in [0.2, 0.25) is 0 Å². The van der Waals surface area contributed by atoms with Gasteiger partial charge >= 0.3 is 0 Å². The Labute approximate surface area is 79.8 Å². The Kier molecular flexibility index (Phi) is 1.70. The molecule has 0 spiro atoms. The number of benzene rings is 1. The van der Waals surface area contributed by atoms with Gasteiger partial charge in [-0.1, -0.05) is 12.2 Å². The molecular formula is C9H7NO2S. The van der Waals surface area contributed by atoms with Crippen LogP contribution in [0.25, 0.3) is 10.8 Å². The van der Waals surface area contributed by atoms with Gasteiger partial charge in [0.25, 0.3) is 0 Å². The summed E-state index contributed by atoms with van der Waals surface area (Å²) in [6, 6.07) is 4.89. The van der Waals surface area contributed by atoms with Gasteiger partial charge < -0.3 is 15.3 Å². The molecule has 13 heavy (non-hydrogen) atoms. The number of furan rings is 1. The number of nitrogens with two attached hydrogens (primary N) is 1. The first-order valence-corrected chi connectivity index (χ1v) is 4.09. The second kappa shape index (κ2) is 2.74. The van der Waals surface area contributed by atoms with Crippen molar-refractivity contribution in [2.24, 2.45) is 5.73 Å². The van der Waals surface area contributed by atoms with Gasteiger partial charge in [0.15, 0.2) is 5.76 Å². The fourth-order valence-corrected chi connectivity index (χ4v) is 1.39. The minimum Gasteiger partial charge on any atom is -0.508 e. The van der Waals surface area contributed by atoms with E-state index in [-0.39, 0.29) is 10.7 Å². The van der Waals surface area contributed by atoms with Crippen LogP contribution in [-0.2, 0) is 0 Å². The van der Waals surface area contributed by atoms with Crippen LogP contribution in [0.1, 0.15) is 5.76 Å². The molecule has 1 heterocycles. The van der Waals surface area contributed by atoms with Gasteiger partial charge in [-0.2, -0.15) is 0 Å². The molecule has 3 nitrogen and oxygen atoms in total. The first kappa shape index (κ1) is 8.07. The smallest absolute Gasteiger partial charge is 0.168 e. The summed E-state index contributed by atoms with van der Waals surface area (Å²) in [6.45, 7) is 0. The molecule has 4 heteroatoms. The third-order valence-electron chi connectivity index (χ3n) is 1.81. The average molecular weight is 193 g/mol. The molecule has 0 amide bonds. The van der Waals surface area contributed by atoms with Crippen molar-refractivity contribution in [2.45, 2.75) is 0 Å². The van der Waals surface area contributed by atoms with E-state index in [0.717, 1.165) is 10.8 Å². The maximum absolute atomic E-state index is 9.17. The topological polar surface area (TPSA) is 59.4 Å². The van der Waals surface area contributed by atoms with Crippen LogP contribution >= 0.6 is 12.2 Å². The Morgan fingerprint density at radius 3 is 2.92 bits per heavy atom. The molecule has 0 radical (unpaired) electrons. The Balaban J connectivity index is 2.76. The van der Waals surface area contributed by atoms with Crippen LogP contribution < -0.4 is 5.73 Å². The fourth-order valence-electron chi connectivity index (χ4n) is 1.23. The third-order valence-corrected chi connectivity index (χ3v) is 1.99. The lowest BCUT2D eigenvalue weighted by atomic mass is 10.2. The molecule has 0 unspecified atom stereocenters. The van der Waals surface area contributed by atoms with E-state index in [1.165, 1.54) is 6.26 Å². The van der Waals surface area contributed by atoms with Crippen LogP contribution in [0.5, 0.6) is 5.75 Å². The molecular weight excluding hydrogens is 186 g/mol. The normalized spacial score (nSPS) is 10.5. The van der Waals surface area contributed by atoms with E-state index in [1.54, 1.807) is 18.2 Å². The number of hydrogen-bond donors (Lipinski definition) is 2. The molecule has 0 atom stereocenters. The summed E-state index contributed by atoms with van der Waals surface area (Å²) >= 11 is 4.80. The minimum atomic E-state index is 0.197. The van der Waals surface area contributed by atoms with E-state index in [0.29, 0.717) is 5.76 Å². The Morgan fingerprint density at radius 1 is 1.46 bits per heavy atom. The summed E-state index contributed by atoms with van der Waals surface area (Å²) in [4.78, 5) is 0.223. The second-order valence-electron chi connectivity index (χ2n) is 2.70. The predicted octanol–water partition coefficient (Wildman–Crippen LogP) is 1.77. The first-order chi connectivity index (χ1) is 6.18. The van der Waals surface area contributed by atoms with Crippen molar-refractivity contribution in [3.05, 3.63) is 30.2 Å². The standard InChI is InChI=1S/C9H7NO2S/c10-9(13)8-7-2-1-6(11)3-5(7)4-12-8/h1-4,11H,(H2,10,13). The molecule has 0 fully saturated rings. The molecule has 2 aromatic rings. The minimum absolute atomic E-state index is 0.197. The highest BCUT2D eigenvalue weighted by molar-refractivity contribution is 7.80. The van der Waals surface area contributed by atoms with Crippen LogP contribution in [0.3, 0.4) is 0 Å². The zero-order valence-electron chi connectivity index (χ0n) is 6.65. The van der Waals surface area contributed by atoms with Gasteiger partial charge in [-0.3, -0.25) is 0 Å². The number of aromatic hydroxyl groups is 1. The maximum atomic E-state index is 9.17. The predicted molar refractivity (Wildman–Crippen MR) is 53.8 cm³/mol. The zero-order valence-corrected chi connectivity index (χ0v) is 7.47. The summed E-state index contributed by atoms with van der Waals surface area (Å²) in [7, 11) is 0. The molecule has 2 rings (SSSR count). The summed E-state index contributed by atoms with van der Waals surface area (Å²) in [5.41, 5.74) is 5.44. The molecule has 0 saturated carbocycles. The van der Waals surface area contributed by atoms with E-state index >= 15 is 0 Å². The molecule has 0 aliphatic rings. The van der Waals surface area contributed by atoms with E-state index < -0.39 is 0 Å². The van der Waals surface area contributed by atoms with Crippen molar-refractivity contribution in [3.8, 4) is 5.75 Å². The van der Waals surface area contributed by atoms with E-state index in [9.17, 15) is 5.11 Å². The van der Waals surface area contributed by atoms with Crippen LogP contribution in [0.4, 0.5) is 0 Å². The number of phenols is 1. The van der Waals surface area contributed by atoms with Crippen LogP contribution in [0.15, 0.2) is 28.9 Å². The summed E-state index contributed by atoms with van der Waals surface area (Å²) < 4.78 is 5.15. The van der Waals surface area contributed by atoms with Crippen molar-refractivity contribution >= 4 is 28.0 Å². The number of hydrogen-bond acceptors (Lipinski definition) is 3. The lowest BCUT2D eigenvalue weighted by Crippen LogP contribution is -2.07.